The van der Waals surface area contributed by atoms with Crippen molar-refractivity contribution in [1.29, 1.82) is 0 Å². The number of halogens is 2. The van der Waals surface area contributed by atoms with Crippen molar-refractivity contribution < 1.29 is 28.3 Å². The maximum atomic E-state index is 16.7. The summed E-state index contributed by atoms with van der Waals surface area (Å²) in [6.45, 7) is 8.42. The van der Waals surface area contributed by atoms with Gasteiger partial charge < -0.3 is 5.11 Å². The Bertz CT molecular complexity index is 917. The van der Waals surface area contributed by atoms with Crippen LogP contribution in [0.5, 0.6) is 0 Å². The summed E-state index contributed by atoms with van der Waals surface area (Å²) in [4.78, 5) is 36.3. The minimum atomic E-state index is -1.96. The fourth-order valence-electron chi connectivity index (χ4n) is 6.50. The lowest BCUT2D eigenvalue weighted by molar-refractivity contribution is -0.167. The minimum Gasteiger partial charge on any atom is -0.377 e. The van der Waals surface area contributed by atoms with E-state index in [0.717, 1.165) is 6.08 Å². The standard InChI is InChI=1S/C22H24F2O4/c1-11-7-13-14-8-16(23)15-9-17(26)18(27)10-20(15,4)21(14,24)6-5-19(13,3)22(11,28)12(2)25/h8-9,13-14,28H,1,5-7,10H2,2-4H3/t13-,14-,19-,20-,21+,22-/m0/s1. The van der Waals surface area contributed by atoms with Crippen LogP contribution in [0, 0.1) is 22.7 Å². The summed E-state index contributed by atoms with van der Waals surface area (Å²) < 4.78 is 31.7. The second-order valence-electron chi connectivity index (χ2n) is 9.36. The van der Waals surface area contributed by atoms with Gasteiger partial charge in [0.15, 0.2) is 5.78 Å². The highest BCUT2D eigenvalue weighted by atomic mass is 19.1. The first-order chi connectivity index (χ1) is 12.8. The quantitative estimate of drug-likeness (QED) is 0.551. The number of Topliss-reactive ketones (excluding diaryl/α,β-unsaturated/α-hetero) is 2. The molecule has 4 rings (SSSR count). The first-order valence-corrected chi connectivity index (χ1v) is 9.60. The summed E-state index contributed by atoms with van der Waals surface area (Å²) in [5.41, 5.74) is -5.90. The van der Waals surface area contributed by atoms with Crippen LogP contribution < -0.4 is 0 Å². The number of allylic oxidation sites excluding steroid dienone is 4. The molecule has 150 valence electrons. The summed E-state index contributed by atoms with van der Waals surface area (Å²) in [6, 6.07) is 0. The number of carbonyl (C=O) groups excluding carboxylic acids is 3. The molecule has 4 aliphatic carbocycles. The van der Waals surface area contributed by atoms with Gasteiger partial charge in [0.05, 0.1) is 0 Å². The van der Waals surface area contributed by atoms with E-state index in [1.165, 1.54) is 19.9 Å². The van der Waals surface area contributed by atoms with Crippen molar-refractivity contribution in [3.8, 4) is 0 Å². The molecule has 0 bridgehead atoms. The average molecular weight is 390 g/mol. The summed E-state index contributed by atoms with van der Waals surface area (Å²) in [5, 5.41) is 11.2. The fraction of sp³-hybridized carbons (Fsp3) is 0.591. The third-order valence-electron chi connectivity index (χ3n) is 8.26. The summed E-state index contributed by atoms with van der Waals surface area (Å²) >= 11 is 0. The minimum absolute atomic E-state index is 0.0490. The summed E-state index contributed by atoms with van der Waals surface area (Å²) in [5.74, 6) is -4.14. The Labute approximate surface area is 162 Å². The van der Waals surface area contributed by atoms with Gasteiger partial charge in [0.1, 0.15) is 17.1 Å². The molecule has 0 aliphatic heterocycles. The van der Waals surface area contributed by atoms with Crippen LogP contribution in [0.1, 0.15) is 46.5 Å². The zero-order chi connectivity index (χ0) is 20.9. The van der Waals surface area contributed by atoms with Crippen LogP contribution in [-0.4, -0.2) is 33.7 Å². The molecule has 0 radical (unpaired) electrons. The Morgan fingerprint density at radius 1 is 1.29 bits per heavy atom. The first kappa shape index (κ1) is 19.4. The van der Waals surface area contributed by atoms with E-state index in [2.05, 4.69) is 6.58 Å². The van der Waals surface area contributed by atoms with Crippen molar-refractivity contribution in [2.24, 2.45) is 22.7 Å². The number of alkyl halides is 1. The van der Waals surface area contributed by atoms with Crippen LogP contribution in [0.2, 0.25) is 0 Å². The lowest BCUT2D eigenvalue weighted by atomic mass is 9.46. The molecule has 0 aromatic rings. The second kappa shape index (κ2) is 5.35. The Kier molecular flexibility index (Phi) is 3.70. The van der Waals surface area contributed by atoms with Gasteiger partial charge in [-0.05, 0) is 49.8 Å². The summed E-state index contributed by atoms with van der Waals surface area (Å²) in [6.07, 6.45) is 2.09. The van der Waals surface area contributed by atoms with Crippen LogP contribution in [0.15, 0.2) is 35.7 Å². The largest absolute Gasteiger partial charge is 0.377 e. The molecule has 6 heteroatoms. The van der Waals surface area contributed by atoms with Gasteiger partial charge in [-0.2, -0.15) is 0 Å². The highest BCUT2D eigenvalue weighted by molar-refractivity contribution is 6.42. The lowest BCUT2D eigenvalue weighted by Crippen LogP contribution is -2.63. The fourth-order valence-corrected chi connectivity index (χ4v) is 6.50. The molecule has 28 heavy (non-hydrogen) atoms. The first-order valence-electron chi connectivity index (χ1n) is 9.60. The highest BCUT2D eigenvalue weighted by Gasteiger charge is 2.72. The third-order valence-corrected chi connectivity index (χ3v) is 8.26. The molecule has 0 aromatic carbocycles. The predicted molar refractivity (Wildman–Crippen MR) is 97.6 cm³/mol. The maximum absolute atomic E-state index is 16.7. The number of hydrogen-bond donors (Lipinski definition) is 1. The molecule has 0 heterocycles. The van der Waals surface area contributed by atoms with E-state index in [0.29, 0.717) is 5.57 Å². The summed E-state index contributed by atoms with van der Waals surface area (Å²) in [7, 11) is 0. The Morgan fingerprint density at radius 3 is 2.54 bits per heavy atom. The van der Waals surface area contributed by atoms with Crippen molar-refractivity contribution in [3.63, 3.8) is 0 Å². The van der Waals surface area contributed by atoms with Gasteiger partial charge in [-0.3, -0.25) is 14.4 Å². The van der Waals surface area contributed by atoms with Crippen LogP contribution in [0.25, 0.3) is 0 Å². The number of carbonyl (C=O) groups is 3. The molecule has 6 atom stereocenters. The van der Waals surface area contributed by atoms with E-state index in [9.17, 15) is 19.5 Å². The van der Waals surface area contributed by atoms with Gasteiger partial charge in [-0.25, -0.2) is 8.78 Å². The third kappa shape index (κ3) is 1.90. The number of hydrogen-bond acceptors (Lipinski definition) is 4. The van der Waals surface area contributed by atoms with Crippen LogP contribution in [0.4, 0.5) is 8.78 Å². The average Bonchev–Trinajstić information content (AvgIpc) is 2.82. The van der Waals surface area contributed by atoms with Gasteiger partial charge in [0, 0.05) is 28.7 Å². The smallest absolute Gasteiger partial charge is 0.221 e. The topological polar surface area (TPSA) is 71.4 Å². The van der Waals surface area contributed by atoms with Crippen molar-refractivity contribution in [2.45, 2.75) is 57.7 Å². The van der Waals surface area contributed by atoms with E-state index >= 15 is 8.78 Å². The Morgan fingerprint density at radius 2 is 1.93 bits per heavy atom. The number of fused-ring (bicyclic) bond motifs is 5. The van der Waals surface area contributed by atoms with E-state index < -0.39 is 57.1 Å². The zero-order valence-corrected chi connectivity index (χ0v) is 16.3. The number of ketones is 3. The number of rotatable bonds is 1. The monoisotopic (exact) mass is 390 g/mol. The highest BCUT2D eigenvalue weighted by Crippen LogP contribution is 2.70. The van der Waals surface area contributed by atoms with Crippen molar-refractivity contribution in [2.75, 3.05) is 0 Å². The van der Waals surface area contributed by atoms with Crippen LogP contribution in [-0.2, 0) is 14.4 Å². The molecular weight excluding hydrogens is 366 g/mol. The van der Waals surface area contributed by atoms with Gasteiger partial charge in [0.25, 0.3) is 0 Å². The van der Waals surface area contributed by atoms with Crippen molar-refractivity contribution in [1.82, 2.24) is 0 Å². The molecule has 2 saturated carbocycles. The predicted octanol–water partition coefficient (Wildman–Crippen LogP) is 3.35. The molecule has 0 amide bonds. The Balaban J connectivity index is 1.91. The van der Waals surface area contributed by atoms with Gasteiger partial charge in [-0.1, -0.05) is 20.4 Å². The zero-order valence-electron chi connectivity index (χ0n) is 16.3. The molecule has 0 spiro atoms. The molecule has 0 saturated heterocycles. The molecule has 0 aromatic heterocycles. The molecule has 0 unspecified atom stereocenters. The van der Waals surface area contributed by atoms with Gasteiger partial charge >= 0.3 is 0 Å². The normalized spacial score (nSPS) is 47.7. The Hall–Kier alpha value is -1.95. The van der Waals surface area contributed by atoms with Crippen LogP contribution in [0.3, 0.4) is 0 Å². The molecular formula is C22H24F2O4. The maximum Gasteiger partial charge on any atom is 0.221 e. The SMILES string of the molecule is C=C1C[C@H]2[C@@H]3C=C(F)C4=CC(=O)C(=O)C[C@]4(C)[C@@]3(F)CC[C@]2(C)[C@@]1(O)C(C)=O. The molecule has 1 N–H and O–H groups in total. The van der Waals surface area contributed by atoms with Gasteiger partial charge in [0.2, 0.25) is 11.6 Å². The molecule has 2 fully saturated rings. The van der Waals surface area contributed by atoms with E-state index in [-0.39, 0.29) is 31.3 Å². The van der Waals surface area contributed by atoms with Crippen LogP contribution >= 0.6 is 0 Å². The van der Waals surface area contributed by atoms with Crippen molar-refractivity contribution in [3.05, 3.63) is 35.7 Å². The van der Waals surface area contributed by atoms with Gasteiger partial charge in [-0.15, -0.1) is 0 Å². The number of aliphatic hydroxyl groups is 1. The van der Waals surface area contributed by atoms with E-state index in [1.54, 1.807) is 6.92 Å². The second-order valence-corrected chi connectivity index (χ2v) is 9.36. The molecule has 4 aliphatic rings. The molecule has 4 nitrogen and oxygen atoms in total. The van der Waals surface area contributed by atoms with E-state index in [1.807, 2.05) is 0 Å². The van der Waals surface area contributed by atoms with E-state index in [4.69, 9.17) is 0 Å². The van der Waals surface area contributed by atoms with Crippen molar-refractivity contribution >= 4 is 17.3 Å². The lowest BCUT2D eigenvalue weighted by Gasteiger charge is -2.59.